The molecule has 2 rings (SSSR count). The van der Waals surface area contributed by atoms with E-state index in [0.29, 0.717) is 10.6 Å². The standard InChI is InChI=1S/C14H9Cl2FO2/c15-10-5-6-13(11(7-10)14(16)18)19-8-9-3-1-2-4-12(9)17/h1-7H,8H2. The fourth-order valence-electron chi connectivity index (χ4n) is 1.55. The number of hydrogen-bond acceptors (Lipinski definition) is 2. The number of rotatable bonds is 4. The Morgan fingerprint density at radius 2 is 1.95 bits per heavy atom. The zero-order chi connectivity index (χ0) is 13.8. The molecule has 0 heterocycles. The summed E-state index contributed by atoms with van der Waals surface area (Å²) in [6.45, 7) is 0.00543. The lowest BCUT2D eigenvalue weighted by Crippen LogP contribution is -2.02. The van der Waals surface area contributed by atoms with Gasteiger partial charge in [-0.05, 0) is 35.9 Å². The molecule has 2 aromatic carbocycles. The first-order valence-corrected chi connectivity index (χ1v) is 6.19. The van der Waals surface area contributed by atoms with Crippen LogP contribution in [0.25, 0.3) is 0 Å². The Labute approximate surface area is 119 Å². The van der Waals surface area contributed by atoms with Gasteiger partial charge in [0.15, 0.2) is 0 Å². The van der Waals surface area contributed by atoms with Gasteiger partial charge in [-0.25, -0.2) is 4.39 Å². The van der Waals surface area contributed by atoms with Crippen molar-refractivity contribution < 1.29 is 13.9 Å². The molecule has 0 amide bonds. The average molecular weight is 299 g/mol. The highest BCUT2D eigenvalue weighted by molar-refractivity contribution is 6.68. The second kappa shape index (κ2) is 6.04. The van der Waals surface area contributed by atoms with E-state index in [1.807, 2.05) is 0 Å². The summed E-state index contributed by atoms with van der Waals surface area (Å²) in [5, 5.41) is -0.298. The topological polar surface area (TPSA) is 26.3 Å². The lowest BCUT2D eigenvalue weighted by atomic mass is 10.2. The van der Waals surface area contributed by atoms with Gasteiger partial charge in [0, 0.05) is 10.6 Å². The van der Waals surface area contributed by atoms with Gasteiger partial charge in [0.1, 0.15) is 18.2 Å². The normalized spacial score (nSPS) is 10.3. The Morgan fingerprint density at radius 1 is 1.21 bits per heavy atom. The van der Waals surface area contributed by atoms with E-state index in [4.69, 9.17) is 27.9 Å². The molecule has 2 nitrogen and oxygen atoms in total. The number of benzene rings is 2. The fraction of sp³-hybridized carbons (Fsp3) is 0.0714. The van der Waals surface area contributed by atoms with E-state index < -0.39 is 5.24 Å². The molecule has 98 valence electrons. The predicted octanol–water partition coefficient (Wildman–Crippen LogP) is 4.44. The minimum absolute atomic E-state index is 0.00543. The highest BCUT2D eigenvalue weighted by Crippen LogP contribution is 2.25. The first kappa shape index (κ1) is 13.8. The average Bonchev–Trinajstić information content (AvgIpc) is 2.38. The Bertz CT molecular complexity index is 614. The van der Waals surface area contributed by atoms with Crippen LogP contribution >= 0.6 is 23.2 Å². The molecule has 0 saturated heterocycles. The molecule has 0 fully saturated rings. The van der Waals surface area contributed by atoms with Crippen molar-refractivity contribution in [3.63, 3.8) is 0 Å². The number of carbonyl (C=O) groups is 1. The monoisotopic (exact) mass is 298 g/mol. The van der Waals surface area contributed by atoms with Crippen LogP contribution in [-0.2, 0) is 6.61 Å². The van der Waals surface area contributed by atoms with Gasteiger partial charge >= 0.3 is 0 Å². The molecule has 5 heteroatoms. The molecule has 2 aromatic rings. The summed E-state index contributed by atoms with van der Waals surface area (Å²) in [4.78, 5) is 11.2. The van der Waals surface area contributed by atoms with E-state index in [9.17, 15) is 9.18 Å². The van der Waals surface area contributed by atoms with Crippen molar-refractivity contribution in [2.24, 2.45) is 0 Å². The first-order chi connectivity index (χ1) is 9.08. The zero-order valence-electron chi connectivity index (χ0n) is 9.70. The van der Waals surface area contributed by atoms with Crippen LogP contribution in [0.15, 0.2) is 42.5 Å². The molecule has 0 spiro atoms. The van der Waals surface area contributed by atoms with Gasteiger partial charge in [-0.2, -0.15) is 0 Å². The van der Waals surface area contributed by atoms with Gasteiger partial charge < -0.3 is 4.74 Å². The smallest absolute Gasteiger partial charge is 0.256 e. The maximum Gasteiger partial charge on any atom is 0.256 e. The highest BCUT2D eigenvalue weighted by Gasteiger charge is 2.12. The van der Waals surface area contributed by atoms with Crippen molar-refractivity contribution in [2.45, 2.75) is 6.61 Å². The molecule has 0 N–H and O–H groups in total. The summed E-state index contributed by atoms with van der Waals surface area (Å²) in [5.74, 6) is -0.0946. The highest BCUT2D eigenvalue weighted by atomic mass is 35.5. The maximum absolute atomic E-state index is 13.4. The largest absolute Gasteiger partial charge is 0.488 e. The van der Waals surface area contributed by atoms with E-state index in [-0.39, 0.29) is 23.7 Å². The molecular formula is C14H9Cl2FO2. The predicted molar refractivity (Wildman–Crippen MR) is 72.4 cm³/mol. The molecule has 0 unspecified atom stereocenters. The summed E-state index contributed by atoms with van der Waals surface area (Å²) < 4.78 is 18.8. The molecule has 0 aromatic heterocycles. The van der Waals surface area contributed by atoms with Crippen molar-refractivity contribution in [3.05, 3.63) is 64.4 Å². The van der Waals surface area contributed by atoms with Crippen LogP contribution in [0, 0.1) is 5.82 Å². The van der Waals surface area contributed by atoms with Crippen molar-refractivity contribution in [2.75, 3.05) is 0 Å². The second-order valence-corrected chi connectivity index (χ2v) is 4.57. The van der Waals surface area contributed by atoms with Crippen molar-refractivity contribution in [1.82, 2.24) is 0 Å². The van der Waals surface area contributed by atoms with E-state index in [2.05, 4.69) is 0 Å². The SMILES string of the molecule is O=C(Cl)c1cc(Cl)ccc1OCc1ccccc1F. The number of halogens is 3. The van der Waals surface area contributed by atoms with Gasteiger partial charge in [-0.3, -0.25) is 4.79 Å². The number of ether oxygens (including phenoxy) is 1. The van der Waals surface area contributed by atoms with E-state index in [0.717, 1.165) is 0 Å². The number of hydrogen-bond donors (Lipinski definition) is 0. The summed E-state index contributed by atoms with van der Waals surface area (Å²) in [7, 11) is 0. The Balaban J connectivity index is 2.20. The van der Waals surface area contributed by atoms with Crippen LogP contribution in [-0.4, -0.2) is 5.24 Å². The molecular weight excluding hydrogens is 290 g/mol. The maximum atomic E-state index is 13.4. The lowest BCUT2D eigenvalue weighted by Gasteiger charge is -2.10. The summed E-state index contributed by atoms with van der Waals surface area (Å²) in [5.41, 5.74) is 0.552. The van der Waals surface area contributed by atoms with Crippen LogP contribution < -0.4 is 4.74 Å². The van der Waals surface area contributed by atoms with Crippen molar-refractivity contribution in [1.29, 1.82) is 0 Å². The van der Waals surface area contributed by atoms with Crippen LogP contribution in [0.3, 0.4) is 0 Å². The van der Waals surface area contributed by atoms with E-state index in [1.54, 1.807) is 24.3 Å². The second-order valence-electron chi connectivity index (χ2n) is 3.79. The molecule has 0 atom stereocenters. The minimum Gasteiger partial charge on any atom is -0.488 e. The van der Waals surface area contributed by atoms with Crippen LogP contribution in [0.1, 0.15) is 15.9 Å². The molecule has 0 radical (unpaired) electrons. The number of carbonyl (C=O) groups excluding carboxylic acids is 1. The Kier molecular flexibility index (Phi) is 4.40. The van der Waals surface area contributed by atoms with Crippen molar-refractivity contribution >= 4 is 28.4 Å². The van der Waals surface area contributed by atoms with Gasteiger partial charge in [0.25, 0.3) is 5.24 Å². The van der Waals surface area contributed by atoms with E-state index in [1.165, 1.54) is 18.2 Å². The van der Waals surface area contributed by atoms with Crippen molar-refractivity contribution in [3.8, 4) is 5.75 Å². The molecule has 0 aliphatic rings. The van der Waals surface area contributed by atoms with E-state index >= 15 is 0 Å². The molecule has 0 aliphatic carbocycles. The summed E-state index contributed by atoms with van der Waals surface area (Å²) in [6.07, 6.45) is 0. The van der Waals surface area contributed by atoms with Gasteiger partial charge in [-0.1, -0.05) is 29.8 Å². The summed E-state index contributed by atoms with van der Waals surface area (Å²) in [6, 6.07) is 10.8. The fourth-order valence-corrected chi connectivity index (χ4v) is 1.87. The molecule has 19 heavy (non-hydrogen) atoms. The Hall–Kier alpha value is -1.58. The van der Waals surface area contributed by atoms with Gasteiger partial charge in [-0.15, -0.1) is 0 Å². The van der Waals surface area contributed by atoms with Crippen LogP contribution in [0.4, 0.5) is 4.39 Å². The van der Waals surface area contributed by atoms with Crippen LogP contribution in [0.2, 0.25) is 5.02 Å². The summed E-state index contributed by atoms with van der Waals surface area (Å²) >= 11 is 11.2. The zero-order valence-corrected chi connectivity index (χ0v) is 11.2. The molecule has 0 bridgehead atoms. The molecule has 0 aliphatic heterocycles. The Morgan fingerprint density at radius 3 is 2.63 bits per heavy atom. The molecule has 0 saturated carbocycles. The first-order valence-electron chi connectivity index (χ1n) is 5.43. The third kappa shape index (κ3) is 3.46. The van der Waals surface area contributed by atoms with Gasteiger partial charge in [0.2, 0.25) is 0 Å². The third-order valence-corrected chi connectivity index (χ3v) is 2.93. The van der Waals surface area contributed by atoms with Crippen LogP contribution in [0.5, 0.6) is 5.75 Å². The van der Waals surface area contributed by atoms with Gasteiger partial charge in [0.05, 0.1) is 5.56 Å². The lowest BCUT2D eigenvalue weighted by molar-refractivity contribution is 0.107. The third-order valence-electron chi connectivity index (χ3n) is 2.49. The quantitative estimate of drug-likeness (QED) is 0.780. The minimum atomic E-state index is -0.675.